The van der Waals surface area contributed by atoms with Gasteiger partial charge in [-0.3, -0.25) is 4.57 Å². The second-order valence-electron chi connectivity index (χ2n) is 6.58. The van der Waals surface area contributed by atoms with E-state index in [0.717, 1.165) is 11.3 Å². The lowest BCUT2D eigenvalue weighted by Gasteiger charge is -2.11. The zero-order valence-electron chi connectivity index (χ0n) is 15.5. The highest BCUT2D eigenvalue weighted by atomic mass is 16.5. The van der Waals surface area contributed by atoms with Crippen LogP contribution in [-0.4, -0.2) is 9.55 Å². The van der Waals surface area contributed by atoms with Crippen LogP contribution in [0.2, 0.25) is 0 Å². The third-order valence-electron chi connectivity index (χ3n) is 4.63. The van der Waals surface area contributed by atoms with Crippen LogP contribution in [0.4, 0.5) is 5.69 Å². The molecule has 1 heterocycles. The first kappa shape index (κ1) is 17.6. The molecule has 0 aliphatic heterocycles. The Morgan fingerprint density at radius 2 is 1.71 bits per heavy atom. The molecule has 136 valence electrons. The van der Waals surface area contributed by atoms with Crippen LogP contribution in [0.5, 0.6) is 11.6 Å². The van der Waals surface area contributed by atoms with Crippen molar-refractivity contribution in [2.45, 2.75) is 13.5 Å². The van der Waals surface area contributed by atoms with E-state index in [4.69, 9.17) is 11.3 Å². The Bertz CT molecular complexity index is 1120. The summed E-state index contributed by atoms with van der Waals surface area (Å²) in [4.78, 5) is 7.64. The van der Waals surface area contributed by atoms with Gasteiger partial charge in [-0.15, -0.1) is 0 Å². The van der Waals surface area contributed by atoms with Gasteiger partial charge in [0.25, 0.3) is 0 Å². The summed E-state index contributed by atoms with van der Waals surface area (Å²) in [6.45, 7) is 9.79. The van der Waals surface area contributed by atoms with Crippen molar-refractivity contribution in [2.75, 3.05) is 0 Å². The van der Waals surface area contributed by atoms with Crippen LogP contribution in [0.25, 0.3) is 16.0 Å². The minimum absolute atomic E-state index is 0.634. The molecule has 0 atom stereocenters. The fourth-order valence-electron chi connectivity index (χ4n) is 3.11. The molecule has 0 N–H and O–H groups in total. The SMILES string of the molecule is [C-]#[N+]c1ccc(Cn2cncc2Oc2ccc(-c3ccccc3C)cc2)cc1. The van der Waals surface area contributed by atoms with Gasteiger partial charge in [-0.2, -0.15) is 0 Å². The molecular formula is C24H19N3O. The highest BCUT2D eigenvalue weighted by molar-refractivity contribution is 5.67. The molecule has 0 saturated carbocycles. The van der Waals surface area contributed by atoms with Crippen molar-refractivity contribution in [1.29, 1.82) is 0 Å². The van der Waals surface area contributed by atoms with Crippen LogP contribution in [0.15, 0.2) is 85.3 Å². The third kappa shape index (κ3) is 3.79. The van der Waals surface area contributed by atoms with Gasteiger partial charge in [0.1, 0.15) is 5.75 Å². The first-order valence-electron chi connectivity index (χ1n) is 9.03. The molecule has 0 bridgehead atoms. The topological polar surface area (TPSA) is 31.4 Å². The average Bonchev–Trinajstić information content (AvgIpc) is 3.16. The van der Waals surface area contributed by atoms with Crippen LogP contribution in [0.1, 0.15) is 11.1 Å². The number of aromatic nitrogens is 2. The summed E-state index contributed by atoms with van der Waals surface area (Å²) in [5.74, 6) is 1.44. The van der Waals surface area contributed by atoms with Crippen molar-refractivity contribution in [3.63, 3.8) is 0 Å². The van der Waals surface area contributed by atoms with E-state index in [2.05, 4.69) is 47.1 Å². The monoisotopic (exact) mass is 365 g/mol. The molecule has 28 heavy (non-hydrogen) atoms. The zero-order valence-corrected chi connectivity index (χ0v) is 15.5. The van der Waals surface area contributed by atoms with E-state index >= 15 is 0 Å². The van der Waals surface area contributed by atoms with Crippen molar-refractivity contribution in [3.8, 4) is 22.8 Å². The minimum atomic E-state index is 0.634. The molecule has 0 fully saturated rings. The van der Waals surface area contributed by atoms with Crippen LogP contribution < -0.4 is 4.74 Å². The summed E-state index contributed by atoms with van der Waals surface area (Å²) in [6.07, 6.45) is 3.46. The van der Waals surface area contributed by atoms with Gasteiger partial charge in [-0.1, -0.05) is 60.7 Å². The van der Waals surface area contributed by atoms with E-state index in [0.29, 0.717) is 18.1 Å². The van der Waals surface area contributed by atoms with Crippen molar-refractivity contribution in [1.82, 2.24) is 9.55 Å². The summed E-state index contributed by atoms with van der Waals surface area (Å²) in [7, 11) is 0. The molecule has 0 aliphatic carbocycles. The van der Waals surface area contributed by atoms with Gasteiger partial charge in [0.05, 0.1) is 25.6 Å². The fraction of sp³-hybridized carbons (Fsp3) is 0.0833. The van der Waals surface area contributed by atoms with E-state index in [1.54, 1.807) is 12.5 Å². The Balaban J connectivity index is 1.50. The van der Waals surface area contributed by atoms with Gasteiger partial charge in [0.2, 0.25) is 5.88 Å². The molecular weight excluding hydrogens is 346 g/mol. The first-order chi connectivity index (χ1) is 13.7. The lowest BCUT2D eigenvalue weighted by atomic mass is 10.0. The van der Waals surface area contributed by atoms with E-state index in [1.165, 1.54) is 16.7 Å². The smallest absolute Gasteiger partial charge is 0.219 e. The lowest BCUT2D eigenvalue weighted by molar-refractivity contribution is 0.436. The van der Waals surface area contributed by atoms with Crippen molar-refractivity contribution >= 4 is 5.69 Å². The zero-order chi connectivity index (χ0) is 19.3. The summed E-state index contributed by atoms with van der Waals surface area (Å²) in [6, 6.07) is 24.0. The number of hydrogen-bond acceptors (Lipinski definition) is 2. The van der Waals surface area contributed by atoms with Crippen LogP contribution >= 0.6 is 0 Å². The van der Waals surface area contributed by atoms with Gasteiger partial charge in [0, 0.05) is 0 Å². The molecule has 1 aromatic heterocycles. The van der Waals surface area contributed by atoms with Crippen molar-refractivity contribution in [2.24, 2.45) is 0 Å². The Hall–Kier alpha value is -3.84. The quantitative estimate of drug-likeness (QED) is 0.391. The number of hydrogen-bond donors (Lipinski definition) is 0. The molecule has 0 saturated heterocycles. The summed E-state index contributed by atoms with van der Waals surface area (Å²) in [5.41, 5.74) is 5.36. The van der Waals surface area contributed by atoms with Crippen LogP contribution in [0.3, 0.4) is 0 Å². The second kappa shape index (κ2) is 7.81. The summed E-state index contributed by atoms with van der Waals surface area (Å²) in [5, 5.41) is 0. The summed E-state index contributed by atoms with van der Waals surface area (Å²) < 4.78 is 7.99. The molecule has 0 unspecified atom stereocenters. The normalized spacial score (nSPS) is 10.4. The minimum Gasteiger partial charge on any atom is -0.439 e. The maximum atomic E-state index is 7.04. The molecule has 4 rings (SSSR count). The third-order valence-corrected chi connectivity index (χ3v) is 4.63. The number of ether oxygens (including phenoxy) is 1. The molecule has 4 aromatic rings. The average molecular weight is 365 g/mol. The molecule has 4 nitrogen and oxygen atoms in total. The lowest BCUT2D eigenvalue weighted by Crippen LogP contribution is -2.00. The van der Waals surface area contributed by atoms with E-state index in [1.807, 2.05) is 47.0 Å². The maximum Gasteiger partial charge on any atom is 0.219 e. The second-order valence-corrected chi connectivity index (χ2v) is 6.58. The summed E-state index contributed by atoms with van der Waals surface area (Å²) >= 11 is 0. The fourth-order valence-corrected chi connectivity index (χ4v) is 3.11. The molecule has 0 radical (unpaired) electrons. The maximum absolute atomic E-state index is 7.04. The predicted octanol–water partition coefficient (Wildman–Crippen LogP) is 6.25. The van der Waals surface area contributed by atoms with E-state index in [-0.39, 0.29) is 0 Å². The number of nitrogens with zero attached hydrogens (tertiary/aromatic N) is 3. The highest BCUT2D eigenvalue weighted by Crippen LogP contribution is 2.28. The van der Waals surface area contributed by atoms with Gasteiger partial charge in [0.15, 0.2) is 5.69 Å². The number of rotatable bonds is 5. The molecule has 3 aromatic carbocycles. The molecule has 0 aliphatic rings. The van der Waals surface area contributed by atoms with Gasteiger partial charge < -0.3 is 4.74 Å². The number of imidazole rings is 1. The molecule has 0 amide bonds. The Morgan fingerprint density at radius 1 is 0.964 bits per heavy atom. The van der Waals surface area contributed by atoms with Gasteiger partial charge in [-0.25, -0.2) is 9.83 Å². The Morgan fingerprint density at radius 3 is 2.43 bits per heavy atom. The Kier molecular flexibility index (Phi) is 4.90. The predicted molar refractivity (Wildman–Crippen MR) is 111 cm³/mol. The van der Waals surface area contributed by atoms with E-state index < -0.39 is 0 Å². The molecule has 4 heteroatoms. The van der Waals surface area contributed by atoms with Crippen molar-refractivity contribution in [3.05, 3.63) is 108 Å². The first-order valence-corrected chi connectivity index (χ1v) is 9.03. The van der Waals surface area contributed by atoms with Crippen LogP contribution in [-0.2, 0) is 6.54 Å². The molecule has 0 spiro atoms. The highest BCUT2D eigenvalue weighted by Gasteiger charge is 2.07. The largest absolute Gasteiger partial charge is 0.439 e. The van der Waals surface area contributed by atoms with Crippen LogP contribution in [0, 0.1) is 13.5 Å². The van der Waals surface area contributed by atoms with Gasteiger partial charge in [-0.05, 0) is 41.3 Å². The number of benzene rings is 3. The number of aryl methyl sites for hydroxylation is 1. The van der Waals surface area contributed by atoms with E-state index in [9.17, 15) is 0 Å². The Labute approximate surface area is 164 Å². The van der Waals surface area contributed by atoms with Crippen molar-refractivity contribution < 1.29 is 4.74 Å². The standard InChI is InChI=1S/C24H19N3O/c1-18-5-3-4-6-23(18)20-9-13-22(14-10-20)28-24-15-26-17-27(24)16-19-7-11-21(25-2)12-8-19/h3-15,17H,16H2,1H3. The van der Waals surface area contributed by atoms with Gasteiger partial charge >= 0.3 is 0 Å².